The van der Waals surface area contributed by atoms with Crippen LogP contribution >= 0.6 is 23.2 Å². The van der Waals surface area contributed by atoms with E-state index in [4.69, 9.17) is 32.7 Å². The van der Waals surface area contributed by atoms with E-state index in [0.29, 0.717) is 18.2 Å². The van der Waals surface area contributed by atoms with Gasteiger partial charge in [-0.3, -0.25) is 4.79 Å². The van der Waals surface area contributed by atoms with Crippen molar-refractivity contribution >= 4 is 35.2 Å². The van der Waals surface area contributed by atoms with Crippen LogP contribution in [-0.2, 0) is 11.8 Å². The Hall–Kier alpha value is -2.22. The number of benzene rings is 1. The highest BCUT2D eigenvalue weighted by Crippen LogP contribution is 2.39. The summed E-state index contributed by atoms with van der Waals surface area (Å²) < 4.78 is 13.3. The minimum atomic E-state index is -0.825. The summed E-state index contributed by atoms with van der Waals surface area (Å²) in [6.45, 7) is 11.2. The van der Waals surface area contributed by atoms with E-state index >= 15 is 0 Å². The number of amides is 1. The van der Waals surface area contributed by atoms with Gasteiger partial charge in [-0.15, -0.1) is 0 Å². The second kappa shape index (κ2) is 9.73. The first-order valence-electron chi connectivity index (χ1n) is 9.37. The number of aliphatic hydroxyl groups is 1. The second-order valence-electron chi connectivity index (χ2n) is 7.75. The third-order valence-corrected chi connectivity index (χ3v) is 5.04. The lowest BCUT2D eigenvalue weighted by molar-refractivity contribution is -0.127. The van der Waals surface area contributed by atoms with E-state index in [2.05, 4.69) is 17.0 Å². The second-order valence-corrected chi connectivity index (χ2v) is 8.56. The summed E-state index contributed by atoms with van der Waals surface area (Å²) in [6.07, 6.45) is 0.827. The first-order valence-corrected chi connectivity index (χ1v) is 10.1. The minimum Gasteiger partial charge on any atom is -0.479 e. The maximum Gasteiger partial charge on any atom is 0.260 e. The number of rotatable bonds is 9. The number of aryl methyl sites for hydroxylation is 2. The van der Waals surface area contributed by atoms with E-state index in [0.717, 1.165) is 11.3 Å². The summed E-state index contributed by atoms with van der Waals surface area (Å²) in [5.74, 6) is 0.686. The molecule has 0 aliphatic heterocycles. The lowest BCUT2D eigenvalue weighted by Crippen LogP contribution is -2.42. The highest BCUT2D eigenvalue weighted by molar-refractivity contribution is 6.36. The molecule has 2 N–H and O–H groups in total. The fourth-order valence-electron chi connectivity index (χ4n) is 2.56. The Morgan fingerprint density at radius 2 is 2.00 bits per heavy atom. The molecule has 2 aromatic rings. The quantitative estimate of drug-likeness (QED) is 0.585. The van der Waals surface area contributed by atoms with Crippen molar-refractivity contribution in [2.45, 2.75) is 33.8 Å². The lowest BCUT2D eigenvalue weighted by atomic mass is 9.95. The predicted molar refractivity (Wildman–Crippen MR) is 119 cm³/mol. The Balaban J connectivity index is 2.21. The Labute approximate surface area is 186 Å². The van der Waals surface area contributed by atoms with E-state index in [1.54, 1.807) is 24.7 Å². The number of hydrogen-bond acceptors (Lipinski definition) is 5. The highest BCUT2D eigenvalue weighted by Gasteiger charge is 2.23. The van der Waals surface area contributed by atoms with Gasteiger partial charge in [0.2, 0.25) is 5.88 Å². The molecule has 1 atom stereocenters. The molecule has 0 bridgehead atoms. The molecule has 0 aliphatic carbocycles. The Kier molecular flexibility index (Phi) is 7.80. The zero-order valence-corrected chi connectivity index (χ0v) is 19.3. The maximum absolute atomic E-state index is 12.4. The summed E-state index contributed by atoms with van der Waals surface area (Å²) in [5, 5.41) is 16.9. The normalized spacial score (nSPS) is 12.4. The number of ether oxygens (including phenoxy) is 2. The fourth-order valence-corrected chi connectivity index (χ4v) is 3.03. The first kappa shape index (κ1) is 24.1. The van der Waals surface area contributed by atoms with Crippen LogP contribution in [0.4, 0.5) is 0 Å². The van der Waals surface area contributed by atoms with E-state index in [-0.39, 0.29) is 28.3 Å². The van der Waals surface area contributed by atoms with Gasteiger partial charge < -0.3 is 19.9 Å². The molecule has 0 fully saturated rings. The van der Waals surface area contributed by atoms with Gasteiger partial charge in [-0.25, -0.2) is 4.68 Å². The monoisotopic (exact) mass is 455 g/mol. The highest BCUT2D eigenvalue weighted by atomic mass is 35.5. The van der Waals surface area contributed by atoms with Gasteiger partial charge in [0, 0.05) is 31.7 Å². The van der Waals surface area contributed by atoms with Crippen molar-refractivity contribution in [2.75, 3.05) is 13.2 Å². The van der Waals surface area contributed by atoms with Crippen molar-refractivity contribution in [2.24, 2.45) is 12.5 Å². The number of nitrogens with zero attached hydrogens (tertiary/aromatic N) is 2. The first-order chi connectivity index (χ1) is 14.0. The number of carbonyl (C=O) groups excluding carboxylic acids is 1. The van der Waals surface area contributed by atoms with Gasteiger partial charge in [-0.2, -0.15) is 5.10 Å². The van der Waals surface area contributed by atoms with Crippen molar-refractivity contribution in [1.82, 2.24) is 15.1 Å². The molecule has 7 nitrogen and oxygen atoms in total. The molecule has 0 unspecified atom stereocenters. The zero-order valence-electron chi connectivity index (χ0n) is 17.8. The molecule has 0 aliphatic rings. The molecule has 2 rings (SSSR count). The average Bonchev–Trinajstić information content (AvgIpc) is 2.95. The zero-order chi connectivity index (χ0) is 22.6. The standard InChI is InChI=1S/C21H27Cl2N3O4/c1-7-14-12(2)25-26(6)20(14)30-18-9-17(15(22)8-16(18)23)29-13(3)19(28)24-10-21(4,5)11-27/h7-9,13,27H,1,10-11H2,2-6H3,(H,24,28)/t13-/m0/s1. The molecular formula is C21H27Cl2N3O4. The van der Waals surface area contributed by atoms with E-state index < -0.39 is 11.5 Å². The van der Waals surface area contributed by atoms with E-state index in [1.807, 2.05) is 20.8 Å². The molecule has 1 aromatic carbocycles. The van der Waals surface area contributed by atoms with Crippen LogP contribution in [-0.4, -0.2) is 40.0 Å². The third kappa shape index (κ3) is 5.68. The van der Waals surface area contributed by atoms with Crippen LogP contribution in [0, 0.1) is 12.3 Å². The van der Waals surface area contributed by atoms with Crippen LogP contribution in [0.5, 0.6) is 17.4 Å². The number of aromatic nitrogens is 2. The SMILES string of the molecule is C=Cc1c(C)nn(C)c1Oc1cc(O[C@@H](C)C(=O)NCC(C)(C)CO)c(Cl)cc1Cl. The van der Waals surface area contributed by atoms with E-state index in [9.17, 15) is 9.90 Å². The molecule has 1 aromatic heterocycles. The van der Waals surface area contributed by atoms with Gasteiger partial charge in [0.05, 0.1) is 21.3 Å². The molecule has 164 valence electrons. The van der Waals surface area contributed by atoms with Gasteiger partial charge in [0.25, 0.3) is 5.91 Å². The van der Waals surface area contributed by atoms with Crippen molar-refractivity contribution < 1.29 is 19.4 Å². The van der Waals surface area contributed by atoms with Gasteiger partial charge in [0.1, 0.15) is 5.75 Å². The minimum absolute atomic E-state index is 0.0492. The van der Waals surface area contributed by atoms with Gasteiger partial charge >= 0.3 is 0 Å². The average molecular weight is 456 g/mol. The third-order valence-electron chi connectivity index (χ3n) is 4.45. The van der Waals surface area contributed by atoms with Crippen molar-refractivity contribution in [3.05, 3.63) is 40.0 Å². The molecular weight excluding hydrogens is 429 g/mol. The number of nitrogens with one attached hydrogen (secondary N) is 1. The Morgan fingerprint density at radius 3 is 2.60 bits per heavy atom. The van der Waals surface area contributed by atoms with Crippen molar-refractivity contribution in [3.8, 4) is 17.4 Å². The molecule has 0 radical (unpaired) electrons. The topological polar surface area (TPSA) is 85.6 Å². The lowest BCUT2D eigenvalue weighted by Gasteiger charge is -2.23. The predicted octanol–water partition coefficient (Wildman–Crippen LogP) is 4.37. The van der Waals surface area contributed by atoms with Gasteiger partial charge in [-0.05, 0) is 19.9 Å². The Bertz CT molecular complexity index is 941. The number of aliphatic hydroxyl groups excluding tert-OH is 1. The van der Waals surface area contributed by atoms with Gasteiger partial charge in [-0.1, -0.05) is 49.7 Å². The molecule has 0 saturated heterocycles. The molecule has 1 amide bonds. The van der Waals surface area contributed by atoms with Crippen LogP contribution in [0.25, 0.3) is 6.08 Å². The largest absolute Gasteiger partial charge is 0.479 e. The van der Waals surface area contributed by atoms with Crippen LogP contribution in [0.15, 0.2) is 18.7 Å². The number of halogens is 2. The number of hydrogen-bond donors (Lipinski definition) is 2. The summed E-state index contributed by atoms with van der Waals surface area (Å²) in [6, 6.07) is 3.02. The van der Waals surface area contributed by atoms with Crippen LogP contribution < -0.4 is 14.8 Å². The Morgan fingerprint density at radius 1 is 1.37 bits per heavy atom. The van der Waals surface area contributed by atoms with E-state index in [1.165, 1.54) is 12.1 Å². The molecule has 9 heteroatoms. The smallest absolute Gasteiger partial charge is 0.260 e. The van der Waals surface area contributed by atoms with Crippen molar-refractivity contribution in [3.63, 3.8) is 0 Å². The van der Waals surface area contributed by atoms with Crippen molar-refractivity contribution in [1.29, 1.82) is 0 Å². The maximum atomic E-state index is 12.4. The fraction of sp³-hybridized carbons (Fsp3) is 0.429. The summed E-state index contributed by atoms with van der Waals surface area (Å²) >= 11 is 12.6. The summed E-state index contributed by atoms with van der Waals surface area (Å²) in [5.41, 5.74) is 1.07. The van der Waals surface area contributed by atoms with Gasteiger partial charge in [0.15, 0.2) is 11.9 Å². The molecule has 0 spiro atoms. The molecule has 30 heavy (non-hydrogen) atoms. The number of carbonyl (C=O) groups is 1. The summed E-state index contributed by atoms with van der Waals surface area (Å²) in [4.78, 5) is 12.4. The van der Waals surface area contributed by atoms with Crippen LogP contribution in [0.3, 0.4) is 0 Å². The van der Waals surface area contributed by atoms with Crippen LogP contribution in [0.2, 0.25) is 10.0 Å². The summed E-state index contributed by atoms with van der Waals surface area (Å²) in [7, 11) is 1.75. The molecule has 0 saturated carbocycles. The van der Waals surface area contributed by atoms with Crippen LogP contribution in [0.1, 0.15) is 32.0 Å². The molecule has 1 heterocycles.